The number of methoxy groups -OCH3 is 1. The van der Waals surface area contributed by atoms with E-state index in [2.05, 4.69) is 12.2 Å². The lowest BCUT2D eigenvalue weighted by molar-refractivity contribution is 0.103. The molecule has 0 aliphatic carbocycles. The van der Waals surface area contributed by atoms with Crippen LogP contribution in [0.15, 0.2) is 30.3 Å². The van der Waals surface area contributed by atoms with Gasteiger partial charge in [-0.25, -0.2) is 0 Å². The van der Waals surface area contributed by atoms with Crippen LogP contribution in [0.2, 0.25) is 0 Å². The van der Waals surface area contributed by atoms with Crippen LogP contribution in [0.4, 0.5) is 11.4 Å². The molecule has 100 valence electrons. The molecular weight excluding hydrogens is 260 g/mol. The van der Waals surface area contributed by atoms with Gasteiger partial charge in [0.15, 0.2) is 0 Å². The molecule has 19 heavy (non-hydrogen) atoms. The minimum Gasteiger partial charge on any atom is -0.497 e. The molecule has 2 aromatic rings. The van der Waals surface area contributed by atoms with Crippen molar-refractivity contribution >= 4 is 28.6 Å². The highest BCUT2D eigenvalue weighted by Gasteiger charge is 2.11. The monoisotopic (exact) mass is 276 g/mol. The van der Waals surface area contributed by atoms with Gasteiger partial charge in [-0.05, 0) is 30.7 Å². The zero-order valence-electron chi connectivity index (χ0n) is 10.9. The minimum atomic E-state index is -0.137. The molecule has 1 aromatic heterocycles. The Bertz CT molecular complexity index is 593. The Morgan fingerprint density at radius 2 is 2.16 bits per heavy atom. The lowest BCUT2D eigenvalue weighted by atomic mass is 10.2. The van der Waals surface area contributed by atoms with Crippen LogP contribution in [-0.4, -0.2) is 13.0 Å². The highest BCUT2D eigenvalue weighted by atomic mass is 32.1. The largest absolute Gasteiger partial charge is 0.497 e. The standard InChI is InChI=1S/C14H16N2O2S/c1-3-10-5-7-13(19-10)14(17)16-12-6-4-9(18-2)8-11(12)15/h4-8H,3,15H2,1-2H3,(H,16,17). The fourth-order valence-electron chi connectivity index (χ4n) is 1.66. The topological polar surface area (TPSA) is 64.3 Å². The summed E-state index contributed by atoms with van der Waals surface area (Å²) in [6.07, 6.45) is 0.933. The van der Waals surface area contributed by atoms with E-state index in [1.807, 2.05) is 12.1 Å². The zero-order valence-corrected chi connectivity index (χ0v) is 11.7. The first-order valence-electron chi connectivity index (χ1n) is 5.97. The number of nitrogens with two attached hydrogens (primary N) is 1. The number of nitrogens with one attached hydrogen (secondary N) is 1. The number of carbonyl (C=O) groups excluding carboxylic acids is 1. The van der Waals surface area contributed by atoms with Crippen molar-refractivity contribution in [3.05, 3.63) is 40.1 Å². The smallest absolute Gasteiger partial charge is 0.265 e. The van der Waals surface area contributed by atoms with Crippen LogP contribution in [0.5, 0.6) is 5.75 Å². The average Bonchev–Trinajstić information content (AvgIpc) is 2.90. The first-order valence-corrected chi connectivity index (χ1v) is 6.79. The van der Waals surface area contributed by atoms with Crippen molar-refractivity contribution in [2.45, 2.75) is 13.3 Å². The molecule has 2 rings (SSSR count). The first-order chi connectivity index (χ1) is 9.13. The molecule has 1 amide bonds. The minimum absolute atomic E-state index is 0.137. The van der Waals surface area contributed by atoms with Gasteiger partial charge in [-0.15, -0.1) is 11.3 Å². The fraction of sp³-hybridized carbons (Fsp3) is 0.214. The maximum atomic E-state index is 12.1. The van der Waals surface area contributed by atoms with Crippen LogP contribution >= 0.6 is 11.3 Å². The maximum absolute atomic E-state index is 12.1. The van der Waals surface area contributed by atoms with Crippen molar-refractivity contribution in [1.82, 2.24) is 0 Å². The lowest BCUT2D eigenvalue weighted by Crippen LogP contribution is -2.11. The summed E-state index contributed by atoms with van der Waals surface area (Å²) in [6, 6.07) is 8.98. The highest BCUT2D eigenvalue weighted by molar-refractivity contribution is 7.14. The van der Waals surface area contributed by atoms with Crippen LogP contribution in [0.3, 0.4) is 0 Å². The number of thiophene rings is 1. The molecule has 0 bridgehead atoms. The number of anilines is 2. The summed E-state index contributed by atoms with van der Waals surface area (Å²) >= 11 is 1.50. The molecule has 4 nitrogen and oxygen atoms in total. The molecule has 0 unspecified atom stereocenters. The number of ether oxygens (including phenoxy) is 1. The van der Waals surface area contributed by atoms with Gasteiger partial charge in [-0.2, -0.15) is 0 Å². The van der Waals surface area contributed by atoms with E-state index in [4.69, 9.17) is 10.5 Å². The Balaban J connectivity index is 2.14. The second-order valence-electron chi connectivity index (χ2n) is 4.03. The predicted octanol–water partition coefficient (Wildman–Crippen LogP) is 3.15. The zero-order chi connectivity index (χ0) is 13.8. The van der Waals surface area contributed by atoms with Gasteiger partial charge in [0.2, 0.25) is 0 Å². The molecule has 5 heteroatoms. The number of benzene rings is 1. The molecule has 0 aliphatic rings. The normalized spacial score (nSPS) is 10.2. The van der Waals surface area contributed by atoms with Gasteiger partial charge in [0.05, 0.1) is 23.4 Å². The maximum Gasteiger partial charge on any atom is 0.265 e. The van der Waals surface area contributed by atoms with E-state index in [0.29, 0.717) is 22.0 Å². The van der Waals surface area contributed by atoms with Crippen LogP contribution in [0.1, 0.15) is 21.5 Å². The van der Waals surface area contributed by atoms with E-state index in [-0.39, 0.29) is 5.91 Å². The van der Waals surface area contributed by atoms with Crippen LogP contribution < -0.4 is 15.8 Å². The number of amides is 1. The number of hydrogen-bond acceptors (Lipinski definition) is 4. The molecule has 3 N–H and O–H groups in total. The second kappa shape index (κ2) is 5.75. The molecule has 0 saturated heterocycles. The molecule has 0 radical (unpaired) electrons. The molecule has 1 aromatic carbocycles. The molecular formula is C14H16N2O2S. The molecule has 0 spiro atoms. The summed E-state index contributed by atoms with van der Waals surface area (Å²) in [5.41, 5.74) is 6.94. The third-order valence-electron chi connectivity index (χ3n) is 2.74. The summed E-state index contributed by atoms with van der Waals surface area (Å²) < 4.78 is 5.07. The molecule has 0 saturated carbocycles. The van der Waals surface area contributed by atoms with E-state index < -0.39 is 0 Å². The number of nitrogen functional groups attached to an aromatic ring is 1. The third kappa shape index (κ3) is 3.06. The molecule has 1 heterocycles. The lowest BCUT2D eigenvalue weighted by Gasteiger charge is -2.08. The van der Waals surface area contributed by atoms with Gasteiger partial charge in [0, 0.05) is 10.9 Å². The number of hydrogen-bond donors (Lipinski definition) is 2. The average molecular weight is 276 g/mol. The molecule has 0 fully saturated rings. The highest BCUT2D eigenvalue weighted by Crippen LogP contribution is 2.25. The number of carbonyl (C=O) groups is 1. The summed E-state index contributed by atoms with van der Waals surface area (Å²) in [5.74, 6) is 0.529. The predicted molar refractivity (Wildman–Crippen MR) is 79.1 cm³/mol. The van der Waals surface area contributed by atoms with E-state index in [1.165, 1.54) is 16.2 Å². The number of aryl methyl sites for hydroxylation is 1. The van der Waals surface area contributed by atoms with E-state index in [9.17, 15) is 4.79 Å². The van der Waals surface area contributed by atoms with Gasteiger partial charge >= 0.3 is 0 Å². The Labute approximate surface area is 116 Å². The van der Waals surface area contributed by atoms with Crippen molar-refractivity contribution < 1.29 is 9.53 Å². The molecule has 0 aliphatic heterocycles. The van der Waals surface area contributed by atoms with Crippen LogP contribution in [0, 0.1) is 0 Å². The first kappa shape index (κ1) is 13.4. The van der Waals surface area contributed by atoms with Gasteiger partial charge < -0.3 is 15.8 Å². The van der Waals surface area contributed by atoms with Crippen molar-refractivity contribution in [2.75, 3.05) is 18.2 Å². The van der Waals surface area contributed by atoms with Crippen molar-refractivity contribution in [3.63, 3.8) is 0 Å². The van der Waals surface area contributed by atoms with Gasteiger partial charge in [0.25, 0.3) is 5.91 Å². The van der Waals surface area contributed by atoms with Crippen molar-refractivity contribution in [3.8, 4) is 5.75 Å². The summed E-state index contributed by atoms with van der Waals surface area (Å²) in [7, 11) is 1.57. The van der Waals surface area contributed by atoms with Gasteiger partial charge in [-0.3, -0.25) is 4.79 Å². The summed E-state index contributed by atoms with van der Waals surface area (Å²) in [4.78, 5) is 13.9. The second-order valence-corrected chi connectivity index (χ2v) is 5.20. The number of rotatable bonds is 4. The van der Waals surface area contributed by atoms with E-state index >= 15 is 0 Å². The fourth-order valence-corrected chi connectivity index (χ4v) is 2.50. The van der Waals surface area contributed by atoms with Gasteiger partial charge in [0.1, 0.15) is 5.75 Å². The quantitative estimate of drug-likeness (QED) is 0.843. The van der Waals surface area contributed by atoms with Crippen LogP contribution in [-0.2, 0) is 6.42 Å². The summed E-state index contributed by atoms with van der Waals surface area (Å²) in [5, 5.41) is 2.81. The van der Waals surface area contributed by atoms with Crippen molar-refractivity contribution in [1.29, 1.82) is 0 Å². The van der Waals surface area contributed by atoms with Gasteiger partial charge in [-0.1, -0.05) is 6.92 Å². The third-order valence-corrected chi connectivity index (χ3v) is 3.97. The summed E-state index contributed by atoms with van der Waals surface area (Å²) in [6.45, 7) is 2.06. The Morgan fingerprint density at radius 3 is 2.74 bits per heavy atom. The SMILES string of the molecule is CCc1ccc(C(=O)Nc2ccc(OC)cc2N)s1. The van der Waals surface area contributed by atoms with E-state index in [0.717, 1.165) is 6.42 Å². The Kier molecular flexibility index (Phi) is 4.06. The Morgan fingerprint density at radius 1 is 1.37 bits per heavy atom. The van der Waals surface area contributed by atoms with Crippen molar-refractivity contribution in [2.24, 2.45) is 0 Å². The molecule has 0 atom stereocenters. The van der Waals surface area contributed by atoms with E-state index in [1.54, 1.807) is 25.3 Å². The van der Waals surface area contributed by atoms with Crippen LogP contribution in [0.25, 0.3) is 0 Å². The Hall–Kier alpha value is -2.01.